The smallest absolute Gasteiger partial charge is 0.126 e. The molecule has 36 heavy (non-hydrogen) atoms. The monoisotopic (exact) mass is 515 g/mol. The number of methoxy groups -OCH3 is 2. The Balaban J connectivity index is 1.37. The summed E-state index contributed by atoms with van der Waals surface area (Å²) < 4.78 is 11.2. The fourth-order valence-corrected chi connectivity index (χ4v) is 5.81. The molecule has 0 bridgehead atoms. The van der Waals surface area contributed by atoms with Crippen LogP contribution < -0.4 is 16.0 Å². The molecule has 7 nitrogen and oxygen atoms in total. The van der Waals surface area contributed by atoms with Gasteiger partial charge in [0.25, 0.3) is 0 Å². The third kappa shape index (κ3) is 7.31. The van der Waals surface area contributed by atoms with Crippen molar-refractivity contribution in [2.75, 3.05) is 38.0 Å². The average molecular weight is 516 g/mol. The zero-order chi connectivity index (χ0) is 25.4. The highest BCUT2D eigenvalue weighted by Crippen LogP contribution is 2.33. The van der Waals surface area contributed by atoms with Crippen molar-refractivity contribution >= 4 is 23.2 Å². The minimum absolute atomic E-state index is 0.0995. The van der Waals surface area contributed by atoms with Crippen molar-refractivity contribution in [3.63, 3.8) is 0 Å². The summed E-state index contributed by atoms with van der Waals surface area (Å²) in [5.41, 5.74) is 1.63. The van der Waals surface area contributed by atoms with Crippen molar-refractivity contribution in [2.24, 2.45) is 0 Å². The van der Waals surface area contributed by atoms with Crippen LogP contribution in [0.3, 0.4) is 0 Å². The number of anilines is 2. The zero-order valence-electron chi connectivity index (χ0n) is 22.0. The fourth-order valence-electron chi connectivity index (χ4n) is 5.61. The molecule has 2 fully saturated rings. The van der Waals surface area contributed by atoms with Crippen molar-refractivity contribution in [3.8, 4) is 11.3 Å². The predicted octanol–water partition coefficient (Wildman–Crippen LogP) is 5.91. The Kier molecular flexibility index (Phi) is 9.82. The van der Waals surface area contributed by atoms with Crippen LogP contribution >= 0.6 is 11.6 Å². The molecule has 1 atom stereocenters. The predicted molar refractivity (Wildman–Crippen MR) is 148 cm³/mol. The molecule has 0 radical (unpaired) electrons. The number of hydrogen-bond acceptors (Lipinski definition) is 7. The quantitative estimate of drug-likeness (QED) is 0.343. The first kappa shape index (κ1) is 27.1. The number of ether oxygens (including phenoxy) is 2. The molecule has 198 valence electrons. The van der Waals surface area contributed by atoms with Gasteiger partial charge in [-0.25, -0.2) is 9.97 Å². The Morgan fingerprint density at radius 3 is 2.53 bits per heavy atom. The molecule has 0 saturated heterocycles. The van der Waals surface area contributed by atoms with E-state index >= 15 is 0 Å². The molecule has 0 aromatic carbocycles. The van der Waals surface area contributed by atoms with Gasteiger partial charge in [0, 0.05) is 50.7 Å². The molecule has 2 saturated carbocycles. The summed E-state index contributed by atoms with van der Waals surface area (Å²) in [6, 6.07) is 9.39. The molecule has 2 heterocycles. The van der Waals surface area contributed by atoms with Gasteiger partial charge in [-0.2, -0.15) is 0 Å². The largest absolute Gasteiger partial charge is 0.383 e. The molecular weight excluding hydrogens is 474 g/mol. The second-order valence-corrected chi connectivity index (χ2v) is 10.9. The first-order valence-electron chi connectivity index (χ1n) is 13.4. The molecule has 0 spiro atoms. The van der Waals surface area contributed by atoms with Crippen LogP contribution in [0.15, 0.2) is 30.5 Å². The minimum atomic E-state index is -0.0995. The highest BCUT2D eigenvalue weighted by Gasteiger charge is 2.31. The molecule has 4 rings (SSSR count). The lowest BCUT2D eigenvalue weighted by atomic mass is 9.84. The van der Waals surface area contributed by atoms with Crippen LogP contribution in [-0.2, 0) is 9.47 Å². The average Bonchev–Trinajstić information content (AvgIpc) is 2.90. The Hall–Kier alpha value is -1.93. The van der Waals surface area contributed by atoms with Gasteiger partial charge in [0.2, 0.25) is 0 Å². The van der Waals surface area contributed by atoms with Crippen LogP contribution in [0.2, 0.25) is 5.02 Å². The lowest BCUT2D eigenvalue weighted by Crippen LogP contribution is -2.42. The van der Waals surface area contributed by atoms with E-state index in [1.165, 1.54) is 19.3 Å². The Morgan fingerprint density at radius 2 is 1.81 bits per heavy atom. The van der Waals surface area contributed by atoms with Crippen molar-refractivity contribution in [1.82, 2.24) is 15.3 Å². The van der Waals surface area contributed by atoms with E-state index in [1.54, 1.807) is 13.3 Å². The zero-order valence-corrected chi connectivity index (χ0v) is 22.7. The van der Waals surface area contributed by atoms with Gasteiger partial charge < -0.3 is 25.4 Å². The fraction of sp³-hybridized carbons (Fsp3) is 0.643. The first-order valence-corrected chi connectivity index (χ1v) is 13.8. The van der Waals surface area contributed by atoms with E-state index in [1.807, 2.05) is 31.4 Å². The Labute approximate surface area is 221 Å². The van der Waals surface area contributed by atoms with Crippen molar-refractivity contribution in [2.45, 2.75) is 88.4 Å². The standard InChI is InChI=1S/C28H42ClN5O2/c1-20(18-35-2)32-21-10-12-22(13-11-21)33-27-16-23(24(29)17-30-27)25-8-7-9-26(34-25)31-19-28(36-3)14-5-4-6-15-28/h7-9,16-17,20-22,32H,4-6,10-15,18-19H2,1-3H3,(H,30,33)(H,31,34)/t20-,21?,22?/m1/s1. The maximum atomic E-state index is 6.57. The number of hydrogen-bond donors (Lipinski definition) is 3. The van der Waals surface area contributed by atoms with E-state index in [9.17, 15) is 0 Å². The molecule has 3 N–H and O–H groups in total. The molecular formula is C28H42ClN5O2. The van der Waals surface area contributed by atoms with Crippen LogP contribution in [-0.4, -0.2) is 61.1 Å². The van der Waals surface area contributed by atoms with E-state index in [4.69, 9.17) is 26.1 Å². The van der Waals surface area contributed by atoms with E-state index in [-0.39, 0.29) is 5.60 Å². The molecule has 2 aromatic rings. The first-order chi connectivity index (χ1) is 17.5. The lowest BCUT2D eigenvalue weighted by molar-refractivity contribution is -0.0279. The van der Waals surface area contributed by atoms with E-state index in [2.05, 4.69) is 27.9 Å². The molecule has 2 aromatic heterocycles. The van der Waals surface area contributed by atoms with Gasteiger partial charge in [-0.1, -0.05) is 36.9 Å². The van der Waals surface area contributed by atoms with Gasteiger partial charge in [0.05, 0.1) is 22.9 Å². The molecule has 2 aliphatic rings. The minimum Gasteiger partial charge on any atom is -0.383 e. The molecule has 2 aliphatic carbocycles. The van der Waals surface area contributed by atoms with Gasteiger partial charge in [-0.3, -0.25) is 0 Å². The molecule has 0 amide bonds. The van der Waals surface area contributed by atoms with Crippen molar-refractivity contribution in [3.05, 3.63) is 35.5 Å². The lowest BCUT2D eigenvalue weighted by Gasteiger charge is -2.36. The summed E-state index contributed by atoms with van der Waals surface area (Å²) in [7, 11) is 3.58. The third-order valence-corrected chi connectivity index (χ3v) is 7.99. The van der Waals surface area contributed by atoms with Gasteiger partial charge >= 0.3 is 0 Å². The second-order valence-electron chi connectivity index (χ2n) is 10.5. The summed E-state index contributed by atoms with van der Waals surface area (Å²) in [5, 5.41) is 11.4. The SMILES string of the molecule is COC[C@@H](C)NC1CCC(Nc2cc(-c3cccc(NCC4(OC)CCCCC4)n3)c(Cl)cn2)CC1. The van der Waals surface area contributed by atoms with Gasteiger partial charge in [-0.15, -0.1) is 0 Å². The number of rotatable bonds is 11. The summed E-state index contributed by atoms with van der Waals surface area (Å²) >= 11 is 6.57. The number of halogens is 1. The highest BCUT2D eigenvalue weighted by molar-refractivity contribution is 6.33. The third-order valence-electron chi connectivity index (χ3n) is 7.69. The maximum absolute atomic E-state index is 6.57. The van der Waals surface area contributed by atoms with Crippen molar-refractivity contribution < 1.29 is 9.47 Å². The Bertz CT molecular complexity index is 961. The maximum Gasteiger partial charge on any atom is 0.126 e. The number of nitrogens with one attached hydrogen (secondary N) is 3. The van der Waals surface area contributed by atoms with Crippen LogP contribution in [0, 0.1) is 0 Å². The summed E-state index contributed by atoms with van der Waals surface area (Å²) in [6.07, 6.45) is 12.1. The van der Waals surface area contributed by atoms with Crippen LogP contribution in [0.25, 0.3) is 11.3 Å². The van der Waals surface area contributed by atoms with E-state index in [0.717, 1.165) is 74.6 Å². The molecule has 8 heteroatoms. The highest BCUT2D eigenvalue weighted by atomic mass is 35.5. The number of pyridine rings is 2. The van der Waals surface area contributed by atoms with Crippen LogP contribution in [0.5, 0.6) is 0 Å². The number of nitrogens with zero attached hydrogens (tertiary/aromatic N) is 2. The number of aromatic nitrogens is 2. The molecule has 0 unspecified atom stereocenters. The van der Waals surface area contributed by atoms with E-state index < -0.39 is 0 Å². The van der Waals surface area contributed by atoms with E-state index in [0.29, 0.717) is 23.1 Å². The van der Waals surface area contributed by atoms with Crippen molar-refractivity contribution in [1.29, 1.82) is 0 Å². The van der Waals surface area contributed by atoms with Crippen LogP contribution in [0.4, 0.5) is 11.6 Å². The summed E-state index contributed by atoms with van der Waals surface area (Å²) in [6.45, 7) is 3.68. The topological polar surface area (TPSA) is 80.3 Å². The van der Waals surface area contributed by atoms with Gasteiger partial charge in [0.15, 0.2) is 0 Å². The van der Waals surface area contributed by atoms with Gasteiger partial charge in [0.1, 0.15) is 11.6 Å². The second kappa shape index (κ2) is 13.0. The normalized spacial score (nSPS) is 22.7. The van der Waals surface area contributed by atoms with Crippen LogP contribution in [0.1, 0.15) is 64.7 Å². The molecule has 0 aliphatic heterocycles. The summed E-state index contributed by atoms with van der Waals surface area (Å²) in [4.78, 5) is 9.42. The van der Waals surface area contributed by atoms with Gasteiger partial charge in [-0.05, 0) is 63.6 Å². The Morgan fingerprint density at radius 1 is 1.06 bits per heavy atom. The summed E-state index contributed by atoms with van der Waals surface area (Å²) in [5.74, 6) is 1.68.